The quantitative estimate of drug-likeness (QED) is 0.473. The SMILES string of the molecule is O=S(=O)(c1ccc(F)cc1)C12CCNC1CCc1cc(C(F)(C(F)(F)F)C(F)(F)F)ccc12. The van der Waals surface area contributed by atoms with Gasteiger partial charge in [0.2, 0.25) is 0 Å². The molecular weight excluding hydrogens is 482 g/mol. The number of aryl methyl sites for hydroxylation is 1. The molecule has 0 radical (unpaired) electrons. The van der Waals surface area contributed by atoms with Gasteiger partial charge in [-0.25, -0.2) is 17.2 Å². The average Bonchev–Trinajstić information content (AvgIpc) is 3.17. The molecule has 0 amide bonds. The summed E-state index contributed by atoms with van der Waals surface area (Å²) < 4.78 is 133. The highest BCUT2D eigenvalue weighted by atomic mass is 32.2. The van der Waals surface area contributed by atoms with Crippen LogP contribution in [-0.2, 0) is 26.7 Å². The zero-order valence-electron chi connectivity index (χ0n) is 16.7. The lowest BCUT2D eigenvalue weighted by molar-refractivity contribution is -0.348. The van der Waals surface area contributed by atoms with E-state index in [2.05, 4.69) is 5.32 Å². The summed E-state index contributed by atoms with van der Waals surface area (Å²) in [6.45, 7) is 0.227. The Morgan fingerprint density at radius 1 is 0.909 bits per heavy atom. The van der Waals surface area contributed by atoms with Gasteiger partial charge in [-0.05, 0) is 61.2 Å². The molecule has 0 spiro atoms. The number of halogens is 8. The van der Waals surface area contributed by atoms with Crippen molar-refractivity contribution in [3.63, 3.8) is 0 Å². The molecule has 2 unspecified atom stereocenters. The number of fused-ring (bicyclic) bond motifs is 3. The predicted octanol–water partition coefficient (Wildman–Crippen LogP) is 5.09. The van der Waals surface area contributed by atoms with Crippen molar-refractivity contribution in [3.8, 4) is 0 Å². The van der Waals surface area contributed by atoms with Gasteiger partial charge in [-0.15, -0.1) is 0 Å². The van der Waals surface area contributed by atoms with Crippen molar-refractivity contribution in [2.75, 3.05) is 6.54 Å². The topological polar surface area (TPSA) is 46.2 Å². The molecule has 3 nitrogen and oxygen atoms in total. The van der Waals surface area contributed by atoms with Gasteiger partial charge in [0.05, 0.1) is 4.90 Å². The zero-order valence-corrected chi connectivity index (χ0v) is 17.5. The Balaban J connectivity index is 1.92. The summed E-state index contributed by atoms with van der Waals surface area (Å²) in [6.07, 6.45) is -12.5. The van der Waals surface area contributed by atoms with E-state index in [9.17, 15) is 43.5 Å². The third-order valence-corrected chi connectivity index (χ3v) is 9.06. The van der Waals surface area contributed by atoms with E-state index in [4.69, 9.17) is 0 Å². The van der Waals surface area contributed by atoms with Crippen LogP contribution in [0.2, 0.25) is 0 Å². The molecule has 1 heterocycles. The fourth-order valence-electron chi connectivity index (χ4n) is 4.93. The van der Waals surface area contributed by atoms with Crippen molar-refractivity contribution < 1.29 is 43.5 Å². The Bertz CT molecular complexity index is 1160. The van der Waals surface area contributed by atoms with Crippen LogP contribution in [0.1, 0.15) is 29.5 Å². The predicted molar refractivity (Wildman–Crippen MR) is 101 cm³/mol. The van der Waals surface area contributed by atoms with Gasteiger partial charge in [0.25, 0.3) is 0 Å². The first kappa shape index (κ1) is 23.9. The molecule has 12 heteroatoms. The third-order valence-electron chi connectivity index (χ3n) is 6.50. The van der Waals surface area contributed by atoms with E-state index < -0.39 is 50.0 Å². The zero-order chi connectivity index (χ0) is 24.4. The molecule has 1 N–H and O–H groups in total. The van der Waals surface area contributed by atoms with E-state index in [1.807, 2.05) is 0 Å². The van der Waals surface area contributed by atoms with Crippen molar-refractivity contribution in [2.24, 2.45) is 0 Å². The second-order valence-corrected chi connectivity index (χ2v) is 10.4. The summed E-state index contributed by atoms with van der Waals surface area (Å²) in [4.78, 5) is -0.236. The fourth-order valence-corrected chi connectivity index (χ4v) is 7.28. The number of nitrogens with one attached hydrogen (secondary N) is 1. The Morgan fingerprint density at radius 3 is 2.09 bits per heavy atom. The minimum Gasteiger partial charge on any atom is -0.312 e. The van der Waals surface area contributed by atoms with E-state index in [1.165, 1.54) is 0 Å². The Morgan fingerprint density at radius 2 is 1.52 bits per heavy atom. The summed E-state index contributed by atoms with van der Waals surface area (Å²) in [7, 11) is -4.26. The Hall–Kier alpha value is -2.21. The van der Waals surface area contributed by atoms with Crippen molar-refractivity contribution in [1.82, 2.24) is 5.32 Å². The molecule has 2 aromatic carbocycles. The summed E-state index contributed by atoms with van der Waals surface area (Å²) in [6, 6.07) is 4.97. The van der Waals surface area contributed by atoms with Gasteiger partial charge in [0.15, 0.2) is 9.84 Å². The lowest BCUT2D eigenvalue weighted by Gasteiger charge is -2.41. The monoisotopic (exact) mass is 499 g/mol. The smallest absolute Gasteiger partial charge is 0.312 e. The minimum atomic E-state index is -6.27. The van der Waals surface area contributed by atoms with Crippen LogP contribution < -0.4 is 5.32 Å². The van der Waals surface area contributed by atoms with E-state index >= 15 is 0 Å². The first-order valence-corrected chi connectivity index (χ1v) is 11.3. The number of alkyl halides is 7. The van der Waals surface area contributed by atoms with Crippen molar-refractivity contribution in [2.45, 2.75) is 53.0 Å². The molecule has 2 aliphatic rings. The molecule has 0 aromatic heterocycles. The second-order valence-electron chi connectivity index (χ2n) is 8.17. The fraction of sp³-hybridized carbons (Fsp3) is 0.429. The molecule has 180 valence electrons. The molecule has 0 bridgehead atoms. The number of benzene rings is 2. The molecule has 4 rings (SSSR count). The van der Waals surface area contributed by atoms with Crippen LogP contribution >= 0.6 is 0 Å². The van der Waals surface area contributed by atoms with Crippen LogP contribution in [0.3, 0.4) is 0 Å². The first-order valence-electron chi connectivity index (χ1n) is 9.86. The van der Waals surface area contributed by atoms with E-state index in [0.717, 1.165) is 30.3 Å². The first-order chi connectivity index (χ1) is 15.2. The van der Waals surface area contributed by atoms with E-state index in [-0.39, 0.29) is 41.8 Å². The Kier molecular flexibility index (Phi) is 5.36. The van der Waals surface area contributed by atoms with Crippen molar-refractivity contribution in [3.05, 3.63) is 65.0 Å². The summed E-state index contributed by atoms with van der Waals surface area (Å²) >= 11 is 0. The maximum Gasteiger partial charge on any atom is 0.435 e. The molecule has 1 aliphatic carbocycles. The van der Waals surface area contributed by atoms with Crippen molar-refractivity contribution in [1.29, 1.82) is 0 Å². The molecule has 33 heavy (non-hydrogen) atoms. The van der Waals surface area contributed by atoms with Crippen molar-refractivity contribution >= 4 is 9.84 Å². The third kappa shape index (κ3) is 3.28. The van der Waals surface area contributed by atoms with E-state index in [0.29, 0.717) is 12.1 Å². The highest BCUT2D eigenvalue weighted by Crippen LogP contribution is 2.55. The summed E-state index contributed by atoms with van der Waals surface area (Å²) in [5.41, 5.74) is -7.35. The molecule has 2 atom stereocenters. The normalized spacial score (nSPS) is 23.8. The highest BCUT2D eigenvalue weighted by Gasteiger charge is 2.73. The summed E-state index contributed by atoms with van der Waals surface area (Å²) in [5, 5.41) is 3.03. The number of rotatable bonds is 3. The van der Waals surface area contributed by atoms with Crippen LogP contribution in [0, 0.1) is 5.82 Å². The molecule has 2 aromatic rings. The maximum atomic E-state index is 14.6. The Labute approximate surface area is 183 Å². The summed E-state index contributed by atoms with van der Waals surface area (Å²) in [5.74, 6) is -0.681. The number of sulfone groups is 1. The van der Waals surface area contributed by atoms with Gasteiger partial charge >= 0.3 is 18.0 Å². The molecule has 1 saturated heterocycles. The average molecular weight is 499 g/mol. The molecule has 1 aliphatic heterocycles. The second kappa shape index (κ2) is 7.39. The minimum absolute atomic E-state index is 0.0109. The van der Waals surface area contributed by atoms with Gasteiger partial charge in [-0.3, -0.25) is 0 Å². The maximum absolute atomic E-state index is 14.6. The van der Waals surface area contributed by atoms with Crippen LogP contribution in [0.4, 0.5) is 35.1 Å². The van der Waals surface area contributed by atoms with Gasteiger partial charge in [0.1, 0.15) is 10.6 Å². The lowest BCUT2D eigenvalue weighted by Crippen LogP contribution is -2.51. The van der Waals surface area contributed by atoms with Crippen LogP contribution in [0.15, 0.2) is 47.4 Å². The molecular formula is C21H17F8NO2S. The van der Waals surface area contributed by atoms with Crippen LogP contribution in [0.25, 0.3) is 0 Å². The number of hydrogen-bond donors (Lipinski definition) is 1. The van der Waals surface area contributed by atoms with Crippen LogP contribution in [-0.4, -0.2) is 33.4 Å². The van der Waals surface area contributed by atoms with Gasteiger partial charge in [-0.1, -0.05) is 18.2 Å². The van der Waals surface area contributed by atoms with Gasteiger partial charge in [-0.2, -0.15) is 26.3 Å². The van der Waals surface area contributed by atoms with Gasteiger partial charge in [0, 0.05) is 11.6 Å². The standard InChI is InChI=1S/C21H17F8NO2S/c22-14-3-5-15(6-4-14)33(31,32)18-9-10-30-17(18)8-1-12-11-13(2-7-16(12)18)19(23,20(24,25)26)21(27,28)29/h2-7,11,17,30H,1,8-10H2. The molecule has 1 fully saturated rings. The van der Waals surface area contributed by atoms with E-state index in [1.54, 1.807) is 0 Å². The number of hydrogen-bond acceptors (Lipinski definition) is 3. The van der Waals surface area contributed by atoms with Gasteiger partial charge < -0.3 is 5.32 Å². The molecule has 0 saturated carbocycles. The largest absolute Gasteiger partial charge is 0.435 e. The highest BCUT2D eigenvalue weighted by molar-refractivity contribution is 7.92. The van der Waals surface area contributed by atoms with Crippen LogP contribution in [0.5, 0.6) is 0 Å². The lowest BCUT2D eigenvalue weighted by atomic mass is 9.77.